The minimum atomic E-state index is -4.08. The first-order chi connectivity index (χ1) is 11.7. The molecule has 8 nitrogen and oxygen atoms in total. The maximum atomic E-state index is 12.1. The lowest BCUT2D eigenvalue weighted by Gasteiger charge is -2.11. The smallest absolute Gasteiger partial charge is 0.357 e. The third-order valence-electron chi connectivity index (χ3n) is 2.95. The van der Waals surface area contributed by atoms with E-state index in [0.717, 1.165) is 6.07 Å². The van der Waals surface area contributed by atoms with Crippen molar-refractivity contribution in [3.05, 3.63) is 65.2 Å². The fourth-order valence-electron chi connectivity index (χ4n) is 1.86. The van der Waals surface area contributed by atoms with Crippen molar-refractivity contribution < 1.29 is 26.9 Å². The molecule has 2 aromatic carbocycles. The third kappa shape index (κ3) is 4.88. The summed E-state index contributed by atoms with van der Waals surface area (Å²) in [6, 6.07) is 11.7. The summed E-state index contributed by atoms with van der Waals surface area (Å²) in [7, 11) is -4.08. The molecule has 0 unspecified atom stereocenters. The van der Waals surface area contributed by atoms with Crippen LogP contribution in [-0.4, -0.2) is 32.4 Å². The molecule has 0 spiro atoms. The molecule has 0 heterocycles. The van der Waals surface area contributed by atoms with Crippen molar-refractivity contribution in [1.82, 2.24) is 0 Å². The van der Waals surface area contributed by atoms with Gasteiger partial charge in [0.15, 0.2) is 0 Å². The van der Waals surface area contributed by atoms with Gasteiger partial charge in [-0.3, -0.25) is 5.41 Å². The molecule has 0 amide bonds. The van der Waals surface area contributed by atoms with E-state index < -0.39 is 22.1 Å². The maximum absolute atomic E-state index is 12.1. The molecule has 0 aromatic heterocycles. The molecule has 0 fully saturated rings. The Labute approximate surface area is 143 Å². The number of amidine groups is 1. The second-order valence-electron chi connectivity index (χ2n) is 4.96. The molecule has 9 heteroatoms. The Morgan fingerprint density at radius 3 is 2.20 bits per heavy atom. The zero-order valence-electron chi connectivity index (χ0n) is 13.1. The number of esters is 1. The van der Waals surface area contributed by atoms with Gasteiger partial charge < -0.3 is 14.7 Å². The SMILES string of the molecule is CS(=O)(=O)OC(=O)c1cc(C(=N)N)ccc1OC(=O)c1ccccc1. The van der Waals surface area contributed by atoms with Crippen molar-refractivity contribution in [3.63, 3.8) is 0 Å². The van der Waals surface area contributed by atoms with Crippen LogP contribution in [0.1, 0.15) is 26.3 Å². The van der Waals surface area contributed by atoms with Gasteiger partial charge in [-0.25, -0.2) is 9.59 Å². The molecular formula is C16H14N2O6S. The molecule has 0 aliphatic rings. The van der Waals surface area contributed by atoms with Gasteiger partial charge in [-0.1, -0.05) is 18.2 Å². The van der Waals surface area contributed by atoms with Crippen LogP contribution in [0.2, 0.25) is 0 Å². The Morgan fingerprint density at radius 1 is 1.00 bits per heavy atom. The van der Waals surface area contributed by atoms with Crippen LogP contribution in [0.5, 0.6) is 5.75 Å². The van der Waals surface area contributed by atoms with E-state index in [9.17, 15) is 18.0 Å². The van der Waals surface area contributed by atoms with E-state index in [-0.39, 0.29) is 28.3 Å². The highest BCUT2D eigenvalue weighted by Crippen LogP contribution is 2.23. The van der Waals surface area contributed by atoms with E-state index in [0.29, 0.717) is 6.26 Å². The summed E-state index contributed by atoms with van der Waals surface area (Å²) < 4.78 is 31.8. The summed E-state index contributed by atoms with van der Waals surface area (Å²) in [6.45, 7) is 0. The third-order valence-corrected chi connectivity index (χ3v) is 3.40. The Kier molecular flexibility index (Phi) is 5.18. The Bertz CT molecular complexity index is 938. The minimum absolute atomic E-state index is 0.139. The maximum Gasteiger partial charge on any atom is 0.357 e. The monoisotopic (exact) mass is 362 g/mol. The lowest BCUT2D eigenvalue weighted by Crippen LogP contribution is -2.17. The molecule has 3 N–H and O–H groups in total. The van der Waals surface area contributed by atoms with Gasteiger partial charge >= 0.3 is 22.1 Å². The quantitative estimate of drug-likeness (QED) is 0.269. The molecule has 0 atom stereocenters. The van der Waals surface area contributed by atoms with Crippen LogP contribution in [0.15, 0.2) is 48.5 Å². The summed E-state index contributed by atoms with van der Waals surface area (Å²) in [6.07, 6.45) is 0.704. The van der Waals surface area contributed by atoms with Crippen molar-refractivity contribution in [3.8, 4) is 5.75 Å². The molecule has 0 saturated carbocycles. The number of carbonyl (C=O) groups excluding carboxylic acids is 2. The first kappa shape index (κ1) is 18.1. The van der Waals surface area contributed by atoms with E-state index in [1.165, 1.54) is 24.3 Å². The topological polar surface area (TPSA) is 137 Å². The van der Waals surface area contributed by atoms with Crippen LogP contribution < -0.4 is 10.5 Å². The van der Waals surface area contributed by atoms with Crippen LogP contribution in [0, 0.1) is 5.41 Å². The molecule has 130 valence electrons. The van der Waals surface area contributed by atoms with Crippen molar-refractivity contribution in [2.75, 3.05) is 6.26 Å². The molecule has 25 heavy (non-hydrogen) atoms. The second-order valence-corrected chi connectivity index (χ2v) is 6.53. The highest BCUT2D eigenvalue weighted by molar-refractivity contribution is 7.86. The lowest BCUT2D eigenvalue weighted by molar-refractivity contribution is 0.0714. The zero-order chi connectivity index (χ0) is 18.6. The van der Waals surface area contributed by atoms with Gasteiger partial charge in [0.25, 0.3) is 0 Å². The van der Waals surface area contributed by atoms with E-state index in [2.05, 4.69) is 4.18 Å². The summed E-state index contributed by atoms with van der Waals surface area (Å²) in [5.41, 5.74) is 5.39. The summed E-state index contributed by atoms with van der Waals surface area (Å²) in [5.74, 6) is -2.56. The fraction of sp³-hybridized carbons (Fsp3) is 0.0625. The fourth-order valence-corrected chi connectivity index (χ4v) is 2.23. The molecule has 2 rings (SSSR count). The number of nitrogens with one attached hydrogen (secondary N) is 1. The van der Waals surface area contributed by atoms with Crippen molar-refractivity contribution >= 4 is 27.9 Å². The van der Waals surface area contributed by atoms with Gasteiger partial charge in [-0.05, 0) is 30.3 Å². The Morgan fingerprint density at radius 2 is 1.64 bits per heavy atom. The van der Waals surface area contributed by atoms with E-state index in [1.54, 1.807) is 18.2 Å². The average Bonchev–Trinajstić information content (AvgIpc) is 2.54. The number of rotatable bonds is 5. The van der Waals surface area contributed by atoms with E-state index >= 15 is 0 Å². The van der Waals surface area contributed by atoms with E-state index in [4.69, 9.17) is 15.9 Å². The van der Waals surface area contributed by atoms with Crippen LogP contribution in [0.4, 0.5) is 0 Å². The predicted octanol–water partition coefficient (Wildman–Crippen LogP) is 1.31. The highest BCUT2D eigenvalue weighted by Gasteiger charge is 2.22. The standard InChI is InChI=1S/C16H14N2O6S/c1-25(21,22)24-16(20)12-9-11(14(17)18)7-8-13(12)23-15(19)10-5-3-2-4-6-10/h2-9H,1H3,(H3,17,18). The van der Waals surface area contributed by atoms with Crippen LogP contribution in [-0.2, 0) is 14.3 Å². The van der Waals surface area contributed by atoms with Gasteiger partial charge in [0.1, 0.15) is 17.1 Å². The molecule has 0 saturated heterocycles. The number of benzene rings is 2. The van der Waals surface area contributed by atoms with E-state index in [1.807, 2.05) is 0 Å². The average molecular weight is 362 g/mol. The van der Waals surface area contributed by atoms with Gasteiger partial charge in [0.05, 0.1) is 11.8 Å². The predicted molar refractivity (Wildman–Crippen MR) is 89.1 cm³/mol. The highest BCUT2D eigenvalue weighted by atomic mass is 32.2. The van der Waals surface area contributed by atoms with Crippen LogP contribution >= 0.6 is 0 Å². The zero-order valence-corrected chi connectivity index (χ0v) is 13.9. The number of hydrogen-bond donors (Lipinski definition) is 2. The molecular weight excluding hydrogens is 348 g/mol. The largest absolute Gasteiger partial charge is 0.422 e. The first-order valence-electron chi connectivity index (χ1n) is 6.87. The lowest BCUT2D eigenvalue weighted by atomic mass is 10.1. The molecule has 0 radical (unpaired) electrons. The second kappa shape index (κ2) is 7.14. The Hall–Kier alpha value is -3.20. The van der Waals surface area contributed by atoms with Gasteiger partial charge in [0, 0.05) is 5.56 Å². The Balaban J connectivity index is 2.41. The first-order valence-corrected chi connectivity index (χ1v) is 8.68. The summed E-state index contributed by atoms with van der Waals surface area (Å²) in [4.78, 5) is 24.2. The summed E-state index contributed by atoms with van der Waals surface area (Å²) >= 11 is 0. The van der Waals surface area contributed by atoms with Gasteiger partial charge in [-0.15, -0.1) is 0 Å². The number of hydrogen-bond acceptors (Lipinski definition) is 7. The van der Waals surface area contributed by atoms with Gasteiger partial charge in [-0.2, -0.15) is 8.42 Å². The normalized spacial score (nSPS) is 10.8. The molecule has 0 aliphatic heterocycles. The van der Waals surface area contributed by atoms with Crippen LogP contribution in [0.25, 0.3) is 0 Å². The van der Waals surface area contributed by atoms with Crippen LogP contribution in [0.3, 0.4) is 0 Å². The molecule has 2 aromatic rings. The number of ether oxygens (including phenoxy) is 1. The number of nitrogens with two attached hydrogens (primary N) is 1. The van der Waals surface area contributed by atoms with Gasteiger partial charge in [0.2, 0.25) is 0 Å². The number of carbonyl (C=O) groups is 2. The molecule has 0 aliphatic carbocycles. The van der Waals surface area contributed by atoms with Crippen molar-refractivity contribution in [2.45, 2.75) is 0 Å². The number of nitrogen functional groups attached to an aromatic ring is 1. The van der Waals surface area contributed by atoms with Crippen molar-refractivity contribution in [2.24, 2.45) is 5.73 Å². The molecule has 0 bridgehead atoms. The van der Waals surface area contributed by atoms with Crippen molar-refractivity contribution in [1.29, 1.82) is 5.41 Å². The summed E-state index contributed by atoms with van der Waals surface area (Å²) in [5, 5.41) is 7.40. The minimum Gasteiger partial charge on any atom is -0.422 e.